The molecule has 1 saturated heterocycles. The number of nitrogens with one attached hydrogen (secondary N) is 1. The van der Waals surface area contributed by atoms with Crippen LogP contribution < -0.4 is 10.2 Å². The molecule has 8 heteroatoms. The number of hydrogen-bond donors (Lipinski definition) is 1. The first-order valence-corrected chi connectivity index (χ1v) is 10.2. The molecule has 0 spiro atoms. The van der Waals surface area contributed by atoms with Gasteiger partial charge in [0, 0.05) is 32.0 Å². The summed E-state index contributed by atoms with van der Waals surface area (Å²) in [5.41, 5.74) is 2.41. The number of carbonyl (C=O) groups excluding carboxylic acids is 1. The molecule has 4 rings (SSSR count). The first kappa shape index (κ1) is 20.0. The summed E-state index contributed by atoms with van der Waals surface area (Å²) >= 11 is 0. The Bertz CT molecular complexity index is 996. The largest absolute Gasteiger partial charge is 0.378 e. The molecule has 1 aliphatic rings. The van der Waals surface area contributed by atoms with Gasteiger partial charge < -0.3 is 15.0 Å². The van der Waals surface area contributed by atoms with Crippen molar-refractivity contribution in [2.24, 2.45) is 0 Å². The second-order valence-corrected chi connectivity index (χ2v) is 7.50. The van der Waals surface area contributed by atoms with Crippen molar-refractivity contribution >= 4 is 11.7 Å². The van der Waals surface area contributed by atoms with E-state index in [1.54, 1.807) is 23.3 Å². The molecule has 156 valence electrons. The molecule has 0 bridgehead atoms. The second-order valence-electron chi connectivity index (χ2n) is 7.50. The lowest BCUT2D eigenvalue weighted by molar-refractivity contribution is 0.0949. The van der Waals surface area contributed by atoms with Crippen molar-refractivity contribution in [3.63, 3.8) is 0 Å². The zero-order chi connectivity index (χ0) is 20.9. The number of ether oxygens (including phenoxy) is 1. The minimum absolute atomic E-state index is 0.115. The maximum Gasteiger partial charge on any atom is 0.255 e. The van der Waals surface area contributed by atoms with Crippen molar-refractivity contribution in [3.05, 3.63) is 65.7 Å². The number of morpholine rings is 1. The van der Waals surface area contributed by atoms with Gasteiger partial charge >= 0.3 is 0 Å². The highest BCUT2D eigenvalue weighted by Crippen LogP contribution is 2.22. The van der Waals surface area contributed by atoms with E-state index in [1.165, 1.54) is 0 Å². The maximum absolute atomic E-state index is 12.9. The van der Waals surface area contributed by atoms with Gasteiger partial charge in [-0.3, -0.25) is 4.79 Å². The fourth-order valence-corrected chi connectivity index (χ4v) is 3.56. The summed E-state index contributed by atoms with van der Waals surface area (Å²) in [4.78, 5) is 24.0. The van der Waals surface area contributed by atoms with Gasteiger partial charge in [-0.25, -0.2) is 14.6 Å². The third-order valence-corrected chi connectivity index (χ3v) is 5.06. The number of carbonyl (C=O) groups is 1. The van der Waals surface area contributed by atoms with Crippen LogP contribution in [-0.4, -0.2) is 52.0 Å². The predicted molar refractivity (Wildman–Crippen MR) is 114 cm³/mol. The second kappa shape index (κ2) is 9.04. The predicted octanol–water partition coefficient (Wildman–Crippen LogP) is 2.55. The summed E-state index contributed by atoms with van der Waals surface area (Å²) in [6.07, 6.45) is 5.12. The number of hydrogen-bond acceptors (Lipinski definition) is 6. The molecule has 0 saturated carbocycles. The molecule has 4 heterocycles. The minimum atomic E-state index is -0.148. The van der Waals surface area contributed by atoms with Crippen LogP contribution in [0.5, 0.6) is 0 Å². The Morgan fingerprint density at radius 1 is 1.13 bits per heavy atom. The van der Waals surface area contributed by atoms with Crippen LogP contribution in [0.25, 0.3) is 5.82 Å². The van der Waals surface area contributed by atoms with Crippen LogP contribution in [0.2, 0.25) is 0 Å². The van der Waals surface area contributed by atoms with Crippen LogP contribution in [0.1, 0.15) is 41.4 Å². The van der Waals surface area contributed by atoms with Gasteiger partial charge in [-0.05, 0) is 35.7 Å². The summed E-state index contributed by atoms with van der Waals surface area (Å²) in [5.74, 6) is 1.58. The van der Waals surface area contributed by atoms with Gasteiger partial charge in [-0.15, -0.1) is 0 Å². The number of aromatic nitrogens is 4. The Morgan fingerprint density at radius 3 is 2.67 bits per heavy atom. The lowest BCUT2D eigenvalue weighted by Crippen LogP contribution is -2.36. The molecule has 3 aromatic heterocycles. The summed E-state index contributed by atoms with van der Waals surface area (Å²) in [6.45, 7) is 7.59. The van der Waals surface area contributed by atoms with E-state index in [1.807, 2.05) is 44.2 Å². The van der Waals surface area contributed by atoms with E-state index >= 15 is 0 Å². The molecular weight excluding hydrogens is 380 g/mol. The zero-order valence-electron chi connectivity index (χ0n) is 17.3. The van der Waals surface area contributed by atoms with Gasteiger partial charge in [0.1, 0.15) is 5.82 Å². The fourth-order valence-electron chi connectivity index (χ4n) is 3.56. The number of anilines is 1. The van der Waals surface area contributed by atoms with Gasteiger partial charge in [0.05, 0.1) is 30.7 Å². The van der Waals surface area contributed by atoms with Crippen LogP contribution in [0.15, 0.2) is 48.9 Å². The molecular formula is C22H26N6O2. The molecule has 3 aromatic rings. The van der Waals surface area contributed by atoms with Gasteiger partial charge in [-0.2, -0.15) is 5.10 Å². The van der Waals surface area contributed by atoms with Gasteiger partial charge in [0.2, 0.25) is 0 Å². The van der Waals surface area contributed by atoms with Crippen LogP contribution in [0.3, 0.4) is 0 Å². The van der Waals surface area contributed by atoms with E-state index < -0.39 is 0 Å². The van der Waals surface area contributed by atoms with E-state index in [-0.39, 0.29) is 11.8 Å². The highest BCUT2D eigenvalue weighted by atomic mass is 16.5. The normalized spacial score (nSPS) is 14.2. The average Bonchev–Trinajstić information content (AvgIpc) is 3.25. The molecule has 0 atom stereocenters. The van der Waals surface area contributed by atoms with Crippen LogP contribution in [0.4, 0.5) is 5.82 Å². The summed E-state index contributed by atoms with van der Waals surface area (Å²) < 4.78 is 7.14. The Hall–Kier alpha value is -3.26. The number of nitrogens with zero attached hydrogens (tertiary/aromatic N) is 5. The zero-order valence-corrected chi connectivity index (χ0v) is 17.3. The Kier molecular flexibility index (Phi) is 6.04. The Labute approximate surface area is 175 Å². The standard InChI is InChI=1S/C22H26N6O2/c1-16(2)21-18(15-26-28(21)19-5-3-4-7-23-19)22(29)25-14-17-6-8-24-20(13-17)27-9-11-30-12-10-27/h3-8,13,15-16H,9-12,14H2,1-2H3,(H,25,29). The lowest BCUT2D eigenvalue weighted by atomic mass is 10.1. The van der Waals surface area contributed by atoms with Crippen molar-refractivity contribution < 1.29 is 9.53 Å². The number of rotatable bonds is 6. The van der Waals surface area contributed by atoms with Gasteiger partial charge in [0.15, 0.2) is 5.82 Å². The SMILES string of the molecule is CC(C)c1c(C(=O)NCc2ccnc(N3CCOCC3)c2)cnn1-c1ccccn1. The van der Waals surface area contributed by atoms with E-state index in [4.69, 9.17) is 4.74 Å². The van der Waals surface area contributed by atoms with E-state index in [0.717, 1.165) is 30.2 Å². The molecule has 30 heavy (non-hydrogen) atoms. The van der Waals surface area contributed by atoms with E-state index in [2.05, 4.69) is 25.3 Å². The summed E-state index contributed by atoms with van der Waals surface area (Å²) in [7, 11) is 0. The van der Waals surface area contributed by atoms with Crippen molar-refractivity contribution in [3.8, 4) is 5.82 Å². The molecule has 1 N–H and O–H groups in total. The number of pyridine rings is 2. The fraction of sp³-hybridized carbons (Fsp3) is 0.364. The molecule has 0 aliphatic carbocycles. The lowest BCUT2D eigenvalue weighted by Gasteiger charge is -2.28. The van der Waals surface area contributed by atoms with Crippen LogP contribution in [-0.2, 0) is 11.3 Å². The van der Waals surface area contributed by atoms with Gasteiger partial charge in [-0.1, -0.05) is 19.9 Å². The highest BCUT2D eigenvalue weighted by molar-refractivity contribution is 5.95. The molecule has 8 nitrogen and oxygen atoms in total. The third kappa shape index (κ3) is 4.33. The van der Waals surface area contributed by atoms with Crippen molar-refractivity contribution in [2.75, 3.05) is 31.2 Å². The minimum Gasteiger partial charge on any atom is -0.378 e. The molecule has 0 aromatic carbocycles. The molecule has 1 aliphatic heterocycles. The molecule has 1 amide bonds. The van der Waals surface area contributed by atoms with Crippen molar-refractivity contribution in [2.45, 2.75) is 26.3 Å². The smallest absolute Gasteiger partial charge is 0.255 e. The monoisotopic (exact) mass is 406 g/mol. The van der Waals surface area contributed by atoms with Crippen molar-refractivity contribution in [1.29, 1.82) is 0 Å². The maximum atomic E-state index is 12.9. The van der Waals surface area contributed by atoms with E-state index in [9.17, 15) is 4.79 Å². The van der Waals surface area contributed by atoms with Crippen LogP contribution in [0, 0.1) is 0 Å². The summed E-state index contributed by atoms with van der Waals surface area (Å²) in [5, 5.41) is 7.45. The summed E-state index contributed by atoms with van der Waals surface area (Å²) in [6, 6.07) is 9.58. The average molecular weight is 406 g/mol. The molecule has 0 radical (unpaired) electrons. The van der Waals surface area contributed by atoms with Crippen molar-refractivity contribution in [1.82, 2.24) is 25.1 Å². The Balaban J connectivity index is 1.49. The van der Waals surface area contributed by atoms with Gasteiger partial charge in [0.25, 0.3) is 5.91 Å². The number of amides is 1. The topological polar surface area (TPSA) is 85.2 Å². The first-order chi connectivity index (χ1) is 14.6. The first-order valence-electron chi connectivity index (χ1n) is 10.2. The Morgan fingerprint density at radius 2 is 1.93 bits per heavy atom. The highest BCUT2D eigenvalue weighted by Gasteiger charge is 2.21. The quantitative estimate of drug-likeness (QED) is 0.677. The third-order valence-electron chi connectivity index (χ3n) is 5.06. The van der Waals surface area contributed by atoms with Crippen LogP contribution >= 0.6 is 0 Å². The van der Waals surface area contributed by atoms with E-state index in [0.29, 0.717) is 31.1 Å². The molecule has 0 unspecified atom stereocenters. The molecule has 1 fully saturated rings.